The zero-order chi connectivity index (χ0) is 25.2. The van der Waals surface area contributed by atoms with Crippen molar-refractivity contribution in [2.75, 3.05) is 21.3 Å². The van der Waals surface area contributed by atoms with Crippen molar-refractivity contribution < 1.29 is 23.8 Å². The molecule has 3 rings (SSSR count). The minimum atomic E-state index is -0.693. The van der Waals surface area contributed by atoms with Crippen LogP contribution in [0.2, 0.25) is 0 Å². The lowest BCUT2D eigenvalue weighted by atomic mass is 10.1. The van der Waals surface area contributed by atoms with Crippen molar-refractivity contribution in [2.24, 2.45) is 0 Å². The van der Waals surface area contributed by atoms with E-state index >= 15 is 0 Å². The van der Waals surface area contributed by atoms with Gasteiger partial charge in [-0.3, -0.25) is 14.6 Å². The summed E-state index contributed by atoms with van der Waals surface area (Å²) in [5.41, 5.74) is 2.53. The smallest absolute Gasteiger partial charge is 0.242 e. The predicted octanol–water partition coefficient (Wildman–Crippen LogP) is 3.38. The summed E-state index contributed by atoms with van der Waals surface area (Å²) >= 11 is 0. The Hall–Kier alpha value is -4.07. The molecule has 2 aromatic carbocycles. The van der Waals surface area contributed by atoms with Gasteiger partial charge >= 0.3 is 0 Å². The molecule has 0 radical (unpaired) electrons. The molecule has 1 heterocycles. The average molecular weight is 478 g/mol. The van der Waals surface area contributed by atoms with Crippen LogP contribution in [0.4, 0.5) is 0 Å². The third kappa shape index (κ3) is 6.96. The van der Waals surface area contributed by atoms with Gasteiger partial charge in [-0.05, 0) is 53.9 Å². The summed E-state index contributed by atoms with van der Waals surface area (Å²) in [5, 5.41) is 2.91. The number of amides is 2. The largest absolute Gasteiger partial charge is 0.497 e. The van der Waals surface area contributed by atoms with E-state index in [4.69, 9.17) is 14.2 Å². The maximum Gasteiger partial charge on any atom is 0.242 e. The summed E-state index contributed by atoms with van der Waals surface area (Å²) in [6.07, 6.45) is 3.48. The summed E-state index contributed by atoms with van der Waals surface area (Å²) in [6.45, 7) is 2.34. The van der Waals surface area contributed by atoms with Crippen molar-refractivity contribution >= 4 is 11.8 Å². The number of rotatable bonds is 11. The first-order valence-corrected chi connectivity index (χ1v) is 11.2. The fourth-order valence-electron chi connectivity index (χ4n) is 3.62. The van der Waals surface area contributed by atoms with Gasteiger partial charge in [0.25, 0.3) is 0 Å². The highest BCUT2D eigenvalue weighted by atomic mass is 16.5. The Morgan fingerprint density at radius 2 is 1.63 bits per heavy atom. The van der Waals surface area contributed by atoms with Crippen LogP contribution < -0.4 is 19.5 Å². The first-order chi connectivity index (χ1) is 16.9. The SMILES string of the molecule is COc1ccc(CN(C(=O)Cc2ccc(OC)c(OC)c2)[C@H](C)C(=O)NCc2cccnc2)cc1. The number of ether oxygens (including phenoxy) is 3. The highest BCUT2D eigenvalue weighted by Crippen LogP contribution is 2.28. The summed E-state index contributed by atoms with van der Waals surface area (Å²) in [6, 6.07) is 15.8. The van der Waals surface area contributed by atoms with Crippen molar-refractivity contribution in [3.8, 4) is 17.2 Å². The molecule has 184 valence electrons. The fraction of sp³-hybridized carbons (Fsp3) is 0.296. The van der Waals surface area contributed by atoms with E-state index < -0.39 is 6.04 Å². The second-order valence-electron chi connectivity index (χ2n) is 7.99. The molecule has 1 N–H and O–H groups in total. The average Bonchev–Trinajstić information content (AvgIpc) is 2.90. The molecule has 0 fully saturated rings. The third-order valence-corrected chi connectivity index (χ3v) is 5.67. The van der Waals surface area contributed by atoms with E-state index in [0.29, 0.717) is 18.0 Å². The monoisotopic (exact) mass is 477 g/mol. The Bertz CT molecular complexity index is 1120. The van der Waals surface area contributed by atoms with Crippen LogP contribution in [0, 0.1) is 0 Å². The van der Waals surface area contributed by atoms with Gasteiger partial charge in [0, 0.05) is 25.5 Å². The summed E-state index contributed by atoms with van der Waals surface area (Å²) in [5.74, 6) is 1.42. The minimum absolute atomic E-state index is 0.108. The number of hydrogen-bond acceptors (Lipinski definition) is 6. The van der Waals surface area contributed by atoms with Crippen LogP contribution in [0.1, 0.15) is 23.6 Å². The van der Waals surface area contributed by atoms with Crippen LogP contribution in [0.25, 0.3) is 0 Å². The van der Waals surface area contributed by atoms with Crippen LogP contribution >= 0.6 is 0 Å². The molecule has 3 aromatic rings. The van der Waals surface area contributed by atoms with E-state index in [-0.39, 0.29) is 24.8 Å². The molecule has 1 aromatic heterocycles. The number of pyridine rings is 1. The molecule has 0 aliphatic rings. The number of aromatic nitrogens is 1. The van der Waals surface area contributed by atoms with Gasteiger partial charge in [0.15, 0.2) is 11.5 Å². The van der Waals surface area contributed by atoms with E-state index in [0.717, 1.165) is 22.4 Å². The highest BCUT2D eigenvalue weighted by Gasteiger charge is 2.26. The first kappa shape index (κ1) is 25.6. The van der Waals surface area contributed by atoms with Crippen LogP contribution in [0.3, 0.4) is 0 Å². The van der Waals surface area contributed by atoms with Gasteiger partial charge in [0.2, 0.25) is 11.8 Å². The Morgan fingerprint density at radius 1 is 0.914 bits per heavy atom. The van der Waals surface area contributed by atoms with Crippen molar-refractivity contribution in [1.82, 2.24) is 15.2 Å². The van der Waals surface area contributed by atoms with Gasteiger partial charge in [-0.25, -0.2) is 0 Å². The Labute approximate surface area is 205 Å². The van der Waals surface area contributed by atoms with E-state index in [1.54, 1.807) is 57.7 Å². The predicted molar refractivity (Wildman–Crippen MR) is 132 cm³/mol. The lowest BCUT2D eigenvalue weighted by Crippen LogP contribution is -2.48. The first-order valence-electron chi connectivity index (χ1n) is 11.2. The lowest BCUT2D eigenvalue weighted by molar-refractivity contribution is -0.140. The lowest BCUT2D eigenvalue weighted by Gasteiger charge is -2.29. The highest BCUT2D eigenvalue weighted by molar-refractivity contribution is 5.88. The van der Waals surface area contributed by atoms with Crippen LogP contribution in [-0.2, 0) is 29.1 Å². The van der Waals surface area contributed by atoms with Crippen LogP contribution in [-0.4, -0.2) is 49.1 Å². The van der Waals surface area contributed by atoms with E-state index in [9.17, 15) is 9.59 Å². The van der Waals surface area contributed by atoms with E-state index in [1.165, 1.54) is 0 Å². The fourth-order valence-corrected chi connectivity index (χ4v) is 3.62. The molecule has 1 atom stereocenters. The maximum absolute atomic E-state index is 13.5. The van der Waals surface area contributed by atoms with Crippen molar-refractivity contribution in [1.29, 1.82) is 0 Å². The van der Waals surface area contributed by atoms with Gasteiger partial charge in [-0.15, -0.1) is 0 Å². The summed E-state index contributed by atoms with van der Waals surface area (Å²) in [7, 11) is 4.71. The zero-order valence-electron chi connectivity index (χ0n) is 20.5. The summed E-state index contributed by atoms with van der Waals surface area (Å²) in [4.78, 5) is 32.1. The van der Waals surface area contributed by atoms with Gasteiger partial charge in [0.05, 0.1) is 27.8 Å². The molecule has 35 heavy (non-hydrogen) atoms. The van der Waals surface area contributed by atoms with Gasteiger partial charge in [-0.2, -0.15) is 0 Å². The molecule has 8 nitrogen and oxygen atoms in total. The van der Waals surface area contributed by atoms with Crippen molar-refractivity contribution in [3.05, 3.63) is 83.7 Å². The van der Waals surface area contributed by atoms with E-state index in [1.807, 2.05) is 42.5 Å². The molecule has 0 spiro atoms. The molecule has 8 heteroatoms. The Kier molecular flexibility index (Phi) is 9.06. The van der Waals surface area contributed by atoms with Gasteiger partial charge in [0.1, 0.15) is 11.8 Å². The molecule has 0 unspecified atom stereocenters. The standard InChI is InChI=1S/C27H31N3O5/c1-19(27(32)29-17-22-6-5-13-28-16-22)30(18-20-7-10-23(33-2)11-8-20)26(31)15-21-9-12-24(34-3)25(14-21)35-4/h5-14,16,19H,15,17-18H2,1-4H3,(H,29,32)/t19-/m1/s1. The molecule has 0 saturated carbocycles. The van der Waals surface area contributed by atoms with Crippen LogP contribution in [0.5, 0.6) is 17.2 Å². The molecule has 0 saturated heterocycles. The number of nitrogens with zero attached hydrogens (tertiary/aromatic N) is 2. The van der Waals surface area contributed by atoms with E-state index in [2.05, 4.69) is 10.3 Å². The quantitative estimate of drug-likeness (QED) is 0.455. The van der Waals surface area contributed by atoms with Crippen molar-refractivity contribution in [2.45, 2.75) is 32.5 Å². The number of nitrogens with one attached hydrogen (secondary N) is 1. The Morgan fingerprint density at radius 3 is 2.26 bits per heavy atom. The normalized spacial score (nSPS) is 11.3. The Balaban J connectivity index is 1.79. The molecule has 0 aliphatic carbocycles. The minimum Gasteiger partial charge on any atom is -0.497 e. The number of carbonyl (C=O) groups excluding carboxylic acids is 2. The second kappa shape index (κ2) is 12.4. The van der Waals surface area contributed by atoms with Gasteiger partial charge in [-0.1, -0.05) is 24.3 Å². The topological polar surface area (TPSA) is 90.0 Å². The molecular formula is C27H31N3O5. The molecule has 0 aliphatic heterocycles. The molecule has 0 bridgehead atoms. The maximum atomic E-state index is 13.5. The van der Waals surface area contributed by atoms with Crippen molar-refractivity contribution in [3.63, 3.8) is 0 Å². The number of benzene rings is 2. The van der Waals surface area contributed by atoms with Crippen LogP contribution in [0.15, 0.2) is 67.0 Å². The van der Waals surface area contributed by atoms with Gasteiger partial charge < -0.3 is 24.4 Å². The molecule has 2 amide bonds. The molecular weight excluding hydrogens is 446 g/mol. The summed E-state index contributed by atoms with van der Waals surface area (Å²) < 4.78 is 15.9. The third-order valence-electron chi connectivity index (χ3n) is 5.67. The number of carbonyl (C=O) groups is 2. The second-order valence-corrected chi connectivity index (χ2v) is 7.99. The number of hydrogen-bond donors (Lipinski definition) is 1. The number of methoxy groups -OCH3 is 3. The zero-order valence-corrected chi connectivity index (χ0v) is 20.5.